The lowest BCUT2D eigenvalue weighted by molar-refractivity contribution is -0.138. The van der Waals surface area contributed by atoms with Crippen molar-refractivity contribution in [2.75, 3.05) is 6.54 Å². The minimum atomic E-state index is -4.51. The number of allylic oxidation sites excluding steroid dienone is 5. The molecule has 0 atom stereocenters. The summed E-state index contributed by atoms with van der Waals surface area (Å²) in [6.45, 7) is 11.5. The Kier molecular flexibility index (Phi) is 17.4. The fraction of sp³-hybridized carbons (Fsp3) is 0.500. The van der Waals surface area contributed by atoms with Gasteiger partial charge in [0.1, 0.15) is 5.75 Å². The zero-order chi connectivity index (χ0) is 27.7. The van der Waals surface area contributed by atoms with Crippen molar-refractivity contribution in [2.24, 2.45) is 10.7 Å². The van der Waals surface area contributed by atoms with Crippen LogP contribution in [0.15, 0.2) is 58.8 Å². The molecule has 1 rings (SSSR count). The van der Waals surface area contributed by atoms with Gasteiger partial charge in [0.05, 0.1) is 17.8 Å². The van der Waals surface area contributed by atoms with Crippen LogP contribution in [0, 0.1) is 0 Å². The molecule has 200 valence electrons. The molecule has 3 nitrogen and oxygen atoms in total. The van der Waals surface area contributed by atoms with Gasteiger partial charge >= 0.3 is 12.4 Å². The molecule has 0 radical (unpaired) electrons. The summed E-state index contributed by atoms with van der Waals surface area (Å²) < 4.78 is 72.0. The van der Waals surface area contributed by atoms with E-state index in [0.717, 1.165) is 18.1 Å². The molecule has 0 fully saturated rings. The number of nitrogens with zero attached hydrogens (tertiary/aromatic N) is 1. The van der Waals surface area contributed by atoms with Crippen LogP contribution in [0.4, 0.5) is 26.3 Å². The number of unbranched alkanes of at least 4 members (excludes halogenated alkanes) is 1. The Morgan fingerprint density at radius 3 is 2.06 bits per heavy atom. The first-order chi connectivity index (χ1) is 16.2. The van der Waals surface area contributed by atoms with Gasteiger partial charge in [-0.3, -0.25) is 4.99 Å². The SMILES string of the molecule is CC.CC/C=C\C=C(/C)C(=NC/C=C(\C)N)c1ccc(C(F)(F)F)cc1O.CCCCC(F)(F)F. The monoisotopic (exact) mass is 508 g/mol. The van der Waals surface area contributed by atoms with Crippen LogP contribution in [-0.4, -0.2) is 23.5 Å². The zero-order valence-electron chi connectivity index (χ0n) is 21.3. The van der Waals surface area contributed by atoms with Gasteiger partial charge in [0, 0.05) is 17.7 Å². The molecule has 35 heavy (non-hydrogen) atoms. The lowest BCUT2D eigenvalue weighted by Gasteiger charge is -2.12. The van der Waals surface area contributed by atoms with E-state index in [1.165, 1.54) is 6.07 Å². The molecule has 0 aliphatic heterocycles. The highest BCUT2D eigenvalue weighted by Crippen LogP contribution is 2.33. The molecular formula is C26H38F6N2O. The van der Waals surface area contributed by atoms with Gasteiger partial charge in [-0.1, -0.05) is 52.3 Å². The fourth-order valence-electron chi connectivity index (χ4n) is 2.42. The van der Waals surface area contributed by atoms with Crippen molar-refractivity contribution >= 4 is 5.71 Å². The molecule has 9 heteroatoms. The molecule has 0 amide bonds. The van der Waals surface area contributed by atoms with Gasteiger partial charge < -0.3 is 10.8 Å². The van der Waals surface area contributed by atoms with E-state index in [2.05, 4.69) is 4.99 Å². The molecule has 0 aliphatic carbocycles. The highest BCUT2D eigenvalue weighted by Gasteiger charge is 2.31. The normalized spacial score (nSPS) is 13.2. The molecular weight excluding hydrogens is 470 g/mol. The van der Waals surface area contributed by atoms with Gasteiger partial charge in [-0.05, 0) is 56.5 Å². The maximum atomic E-state index is 12.8. The van der Waals surface area contributed by atoms with E-state index in [1.807, 2.05) is 32.9 Å². The predicted octanol–water partition coefficient (Wildman–Crippen LogP) is 8.74. The van der Waals surface area contributed by atoms with Crippen molar-refractivity contribution in [1.82, 2.24) is 0 Å². The second-order valence-electron chi connectivity index (χ2n) is 7.27. The summed E-state index contributed by atoms with van der Waals surface area (Å²) in [5.41, 5.74) is 6.66. The average molecular weight is 509 g/mol. The molecule has 0 bridgehead atoms. The van der Waals surface area contributed by atoms with Crippen molar-refractivity contribution < 1.29 is 31.4 Å². The van der Waals surface area contributed by atoms with Crippen molar-refractivity contribution in [3.05, 3.63) is 64.9 Å². The molecule has 0 saturated heterocycles. The van der Waals surface area contributed by atoms with Crippen LogP contribution in [0.5, 0.6) is 5.75 Å². The summed E-state index contributed by atoms with van der Waals surface area (Å²) in [7, 11) is 0. The number of aromatic hydroxyl groups is 1. The van der Waals surface area contributed by atoms with Crippen LogP contribution in [0.25, 0.3) is 0 Å². The molecule has 0 heterocycles. The van der Waals surface area contributed by atoms with Crippen LogP contribution in [0.2, 0.25) is 0 Å². The Labute approximate surface area is 205 Å². The number of phenolic OH excluding ortho intramolecular Hbond substituents is 1. The first-order valence-corrected chi connectivity index (χ1v) is 11.5. The highest BCUT2D eigenvalue weighted by molar-refractivity contribution is 6.14. The fourth-order valence-corrected chi connectivity index (χ4v) is 2.42. The number of halogens is 6. The van der Waals surface area contributed by atoms with Crippen molar-refractivity contribution in [1.29, 1.82) is 0 Å². The summed E-state index contributed by atoms with van der Waals surface area (Å²) >= 11 is 0. The lowest BCUT2D eigenvalue weighted by atomic mass is 10.00. The van der Waals surface area contributed by atoms with E-state index in [0.29, 0.717) is 23.9 Å². The summed E-state index contributed by atoms with van der Waals surface area (Å²) in [6, 6.07) is 2.88. The molecule has 0 aliphatic rings. The average Bonchev–Trinajstić information content (AvgIpc) is 2.76. The number of nitrogens with two attached hydrogens (primary N) is 1. The first-order valence-electron chi connectivity index (χ1n) is 11.5. The Morgan fingerprint density at radius 1 is 1.06 bits per heavy atom. The lowest BCUT2D eigenvalue weighted by Crippen LogP contribution is -2.08. The van der Waals surface area contributed by atoms with Gasteiger partial charge in [-0.15, -0.1) is 0 Å². The predicted molar refractivity (Wildman–Crippen MR) is 133 cm³/mol. The van der Waals surface area contributed by atoms with Gasteiger partial charge in [0.2, 0.25) is 0 Å². The van der Waals surface area contributed by atoms with Crippen LogP contribution in [-0.2, 0) is 6.18 Å². The van der Waals surface area contributed by atoms with E-state index in [1.54, 1.807) is 32.9 Å². The molecule has 1 aromatic carbocycles. The number of rotatable bonds is 8. The summed E-state index contributed by atoms with van der Waals surface area (Å²) in [5.74, 6) is -0.464. The van der Waals surface area contributed by atoms with Gasteiger partial charge in [0.15, 0.2) is 0 Å². The van der Waals surface area contributed by atoms with E-state index in [4.69, 9.17) is 5.73 Å². The minimum Gasteiger partial charge on any atom is -0.507 e. The Hall–Kier alpha value is -2.71. The van der Waals surface area contributed by atoms with E-state index in [9.17, 15) is 31.4 Å². The second kappa shape index (κ2) is 17.7. The molecule has 0 aromatic heterocycles. The third-order valence-corrected chi connectivity index (χ3v) is 4.15. The Bertz CT molecular complexity index is 846. The van der Waals surface area contributed by atoms with E-state index < -0.39 is 30.1 Å². The maximum absolute atomic E-state index is 12.8. The Balaban J connectivity index is 0. The summed E-state index contributed by atoms with van der Waals surface area (Å²) in [5, 5.41) is 10.1. The highest BCUT2D eigenvalue weighted by atomic mass is 19.4. The van der Waals surface area contributed by atoms with Gasteiger partial charge in [-0.2, -0.15) is 26.3 Å². The maximum Gasteiger partial charge on any atom is 0.416 e. The van der Waals surface area contributed by atoms with Crippen LogP contribution < -0.4 is 5.73 Å². The largest absolute Gasteiger partial charge is 0.507 e. The second-order valence-corrected chi connectivity index (χ2v) is 7.27. The summed E-state index contributed by atoms with van der Waals surface area (Å²) in [6.07, 6.45) is -0.0940. The van der Waals surface area contributed by atoms with Gasteiger partial charge in [-0.25, -0.2) is 0 Å². The topological polar surface area (TPSA) is 58.6 Å². The summed E-state index contributed by atoms with van der Waals surface area (Å²) in [4.78, 5) is 4.38. The van der Waals surface area contributed by atoms with Crippen LogP contribution in [0.1, 0.15) is 78.4 Å². The number of aliphatic imine (C=N–C) groups is 1. The molecule has 1 aromatic rings. The van der Waals surface area contributed by atoms with Crippen LogP contribution in [0.3, 0.4) is 0 Å². The van der Waals surface area contributed by atoms with Crippen LogP contribution >= 0.6 is 0 Å². The van der Waals surface area contributed by atoms with Crippen molar-refractivity contribution in [3.63, 3.8) is 0 Å². The molecule has 0 saturated carbocycles. The standard InChI is InChI=1S/C19H23F3N2O.C5H9F3.C2H6/c1-4-5-6-7-13(2)18(24-11-10-14(3)23)16-9-8-15(12-17(16)25)19(20,21)22;1-2-3-4-5(6,7)8;1-2/h5-10,12,25H,4,11,23H2,1-3H3;2-4H2,1H3;1-2H3/b6-5-,13-7+,14-10+,24-18?;;. The molecule has 3 N–H and O–H groups in total. The number of hydrogen-bond acceptors (Lipinski definition) is 3. The third-order valence-electron chi connectivity index (χ3n) is 4.15. The van der Waals surface area contributed by atoms with E-state index in [-0.39, 0.29) is 18.5 Å². The number of alkyl halides is 6. The number of phenols is 1. The van der Waals surface area contributed by atoms with Crippen molar-refractivity contribution in [3.8, 4) is 5.75 Å². The zero-order valence-corrected chi connectivity index (χ0v) is 21.3. The molecule has 0 spiro atoms. The Morgan fingerprint density at radius 2 is 1.66 bits per heavy atom. The smallest absolute Gasteiger partial charge is 0.416 e. The quantitative estimate of drug-likeness (QED) is 0.210. The van der Waals surface area contributed by atoms with Crippen molar-refractivity contribution in [2.45, 2.75) is 79.6 Å². The number of hydrogen-bond donors (Lipinski definition) is 2. The molecule has 0 unspecified atom stereocenters. The number of benzene rings is 1. The minimum absolute atomic E-state index is 0.245. The third kappa shape index (κ3) is 16.5. The first kappa shape index (κ1) is 34.5. The van der Waals surface area contributed by atoms with Gasteiger partial charge in [0.25, 0.3) is 0 Å². The van der Waals surface area contributed by atoms with E-state index >= 15 is 0 Å².